The van der Waals surface area contributed by atoms with Crippen LogP contribution in [-0.2, 0) is 21.5 Å². The van der Waals surface area contributed by atoms with Crippen molar-refractivity contribution in [1.82, 2.24) is 4.57 Å². The van der Waals surface area contributed by atoms with Crippen molar-refractivity contribution < 1.29 is 9.59 Å². The van der Waals surface area contributed by atoms with Crippen LogP contribution >= 0.6 is 24.0 Å². The SMILES string of the molecule is CCCCCCCCCCCCC(CCCCCCCCCC)CN1C(=O)C2=c3cc4c(cc31)=C(c1ccc(-c3ccc5c6ccc(C(C)(C)C)cc6n(CC(CC)CCCC)c5c3)s1)C(=O)N4CC(CCCCCCCCCCCC)CCCCCCCCCCC(C)(C)/C=C/C=C/2S. The van der Waals surface area contributed by atoms with Gasteiger partial charge in [-0.05, 0) is 121 Å². The summed E-state index contributed by atoms with van der Waals surface area (Å²) in [6, 6.07) is 23.6. The van der Waals surface area contributed by atoms with Crippen molar-refractivity contribution in [2.24, 2.45) is 23.2 Å². The molecule has 554 valence electrons. The van der Waals surface area contributed by atoms with Gasteiger partial charge in [-0.3, -0.25) is 9.59 Å². The van der Waals surface area contributed by atoms with E-state index in [2.05, 4.69) is 162 Å². The highest BCUT2D eigenvalue weighted by molar-refractivity contribution is 7.85. The van der Waals surface area contributed by atoms with Crippen LogP contribution in [0.15, 0.2) is 83.8 Å². The summed E-state index contributed by atoms with van der Waals surface area (Å²) in [6.45, 7) is 25.8. The summed E-state index contributed by atoms with van der Waals surface area (Å²) in [7, 11) is 0. The number of aromatic nitrogens is 1. The normalized spacial score (nSPS) is 18.1. The van der Waals surface area contributed by atoms with Crippen LogP contribution in [0.25, 0.3) is 43.4 Å². The number of hydrogen-bond donors (Lipinski definition) is 1. The van der Waals surface area contributed by atoms with Gasteiger partial charge in [0.15, 0.2) is 0 Å². The zero-order valence-electron chi connectivity index (χ0n) is 65.7. The lowest BCUT2D eigenvalue weighted by Gasteiger charge is -2.27. The number of rotatable bonds is 41. The lowest BCUT2D eigenvalue weighted by atomic mass is 9.86. The first-order chi connectivity index (χ1) is 48.6. The molecule has 3 aliphatic heterocycles. The van der Waals surface area contributed by atoms with Crippen LogP contribution in [0, 0.1) is 23.2 Å². The third-order valence-corrected chi connectivity index (χ3v) is 25.1. The number of carbonyl (C=O) groups is 2. The second-order valence-electron chi connectivity index (χ2n) is 33.6. The van der Waals surface area contributed by atoms with Crippen LogP contribution < -0.4 is 20.2 Å². The first-order valence-corrected chi connectivity index (χ1v) is 43.7. The molecular formula is C93H143N3O2S2. The van der Waals surface area contributed by atoms with Crippen LogP contribution in [0.2, 0.25) is 0 Å². The highest BCUT2D eigenvalue weighted by Gasteiger charge is 2.38. The molecule has 7 heteroatoms. The number of benzene rings is 3. The number of unbranched alkanes of at least 4 members (excludes halogenated alkanes) is 26. The van der Waals surface area contributed by atoms with Gasteiger partial charge in [-0.15, -0.1) is 24.0 Å². The Labute approximate surface area is 621 Å². The molecule has 3 aliphatic rings. The number of thiol groups is 1. The molecule has 8 rings (SSSR count). The average molecular weight is 1400 g/mol. The van der Waals surface area contributed by atoms with Crippen LogP contribution in [0.4, 0.5) is 11.4 Å². The topological polar surface area (TPSA) is 45.6 Å². The van der Waals surface area contributed by atoms with E-state index in [-0.39, 0.29) is 22.6 Å². The van der Waals surface area contributed by atoms with E-state index in [1.807, 2.05) is 0 Å². The Hall–Kier alpha value is -4.33. The third kappa shape index (κ3) is 24.4. The van der Waals surface area contributed by atoms with Crippen LogP contribution in [0.5, 0.6) is 0 Å². The molecule has 0 radical (unpaired) electrons. The summed E-state index contributed by atoms with van der Waals surface area (Å²) >= 11 is 7.16. The van der Waals surface area contributed by atoms with E-state index in [0.29, 0.717) is 36.4 Å². The smallest absolute Gasteiger partial charge is 0.260 e. The number of anilines is 2. The molecule has 2 bridgehead atoms. The average Bonchev–Trinajstić information content (AvgIpc) is 1.57. The van der Waals surface area contributed by atoms with Crippen molar-refractivity contribution >= 4 is 80.1 Å². The van der Waals surface area contributed by atoms with Gasteiger partial charge < -0.3 is 14.4 Å². The van der Waals surface area contributed by atoms with E-state index in [1.54, 1.807) is 11.3 Å². The standard InChI is InChI=1S/C93H143N3O2S2/c1-11-16-20-23-26-29-31-36-41-46-53-73(52-45-40-35-28-25-22-18-13-3)70-95-83-68-80-84-67-79(83)88(90(95)97)85(99)56-50-64-93(9,10)63-49-44-39-34-33-38-43-48-55-74(54-47-42-37-32-30-27-24-21-17-12-2)71-96(84)91(98)89(80)87-62-61-86(100-87)75-57-59-77-78-60-58-76(92(6,7)8)66-82(78)94(81(77)65-75)69-72(15-5)51-19-14-4/h50,56-62,64-68,72-74,99H,11-49,51-55,63,69-71H2,1-10H3/b64-50+,85-56-. The van der Waals surface area contributed by atoms with E-state index >= 15 is 9.59 Å². The Morgan fingerprint density at radius 3 is 1.59 bits per heavy atom. The molecule has 100 heavy (non-hydrogen) atoms. The second-order valence-corrected chi connectivity index (χ2v) is 35.1. The summed E-state index contributed by atoms with van der Waals surface area (Å²) in [5.41, 5.74) is 8.72. The van der Waals surface area contributed by atoms with Gasteiger partial charge >= 0.3 is 0 Å². The molecular weight excluding hydrogens is 1260 g/mol. The molecule has 2 aromatic heterocycles. The Morgan fingerprint density at radius 1 is 0.510 bits per heavy atom. The van der Waals surface area contributed by atoms with Crippen LogP contribution in [-0.4, -0.2) is 29.5 Å². The van der Waals surface area contributed by atoms with Crippen LogP contribution in [0.1, 0.15) is 369 Å². The molecule has 5 heterocycles. The molecule has 3 aromatic carbocycles. The minimum Gasteiger partial charge on any atom is -0.340 e. The molecule has 0 fully saturated rings. The predicted molar refractivity (Wildman–Crippen MR) is 444 cm³/mol. The quantitative estimate of drug-likeness (QED) is 0.0313. The van der Waals surface area contributed by atoms with E-state index in [9.17, 15) is 0 Å². The first-order valence-electron chi connectivity index (χ1n) is 42.4. The monoisotopic (exact) mass is 1400 g/mol. The summed E-state index contributed by atoms with van der Waals surface area (Å²) in [5, 5.41) is 4.58. The van der Waals surface area contributed by atoms with E-state index < -0.39 is 0 Å². The van der Waals surface area contributed by atoms with Gasteiger partial charge in [-0.1, -0.05) is 356 Å². The largest absolute Gasteiger partial charge is 0.340 e. The molecule has 0 spiro atoms. The Bertz CT molecular complexity index is 3450. The van der Waals surface area contributed by atoms with Gasteiger partial charge in [0, 0.05) is 66.5 Å². The maximum Gasteiger partial charge on any atom is 0.260 e. The fraction of sp³-hybridized carbons (Fsp3) is 0.677. The van der Waals surface area contributed by atoms with E-state index in [1.165, 1.54) is 288 Å². The van der Waals surface area contributed by atoms with E-state index in [4.69, 9.17) is 12.6 Å². The Morgan fingerprint density at radius 2 is 1.01 bits per heavy atom. The van der Waals surface area contributed by atoms with Crippen molar-refractivity contribution in [3.05, 3.63) is 105 Å². The maximum absolute atomic E-state index is 16.3. The maximum atomic E-state index is 16.3. The fourth-order valence-electron chi connectivity index (χ4n) is 16.9. The molecule has 5 aromatic rings. The van der Waals surface area contributed by atoms with Crippen molar-refractivity contribution in [2.75, 3.05) is 22.9 Å². The Balaban J connectivity index is 1.23. The number of nitrogens with zero attached hydrogens (tertiary/aromatic N) is 3. The van der Waals surface area contributed by atoms with Gasteiger partial charge in [0.2, 0.25) is 0 Å². The van der Waals surface area contributed by atoms with Crippen molar-refractivity contribution in [1.29, 1.82) is 0 Å². The summed E-state index contributed by atoms with van der Waals surface area (Å²) in [6.07, 6.45) is 64.3. The Kier molecular flexibility index (Phi) is 35.1. The molecule has 2 amide bonds. The van der Waals surface area contributed by atoms with Crippen molar-refractivity contribution in [3.63, 3.8) is 0 Å². The van der Waals surface area contributed by atoms with Crippen molar-refractivity contribution in [2.45, 2.75) is 370 Å². The third-order valence-electron chi connectivity index (χ3n) is 23.5. The zero-order valence-corrected chi connectivity index (χ0v) is 67.4. The van der Waals surface area contributed by atoms with Gasteiger partial charge in [0.05, 0.1) is 22.5 Å². The summed E-state index contributed by atoms with van der Waals surface area (Å²) < 4.78 is 2.66. The number of fused-ring (bicyclic) bond motifs is 3. The number of amides is 2. The molecule has 3 unspecified atom stereocenters. The van der Waals surface area contributed by atoms with Gasteiger partial charge in [0.25, 0.3) is 11.8 Å². The molecule has 0 saturated carbocycles. The molecule has 0 aliphatic carbocycles. The molecule has 0 saturated heterocycles. The lowest BCUT2D eigenvalue weighted by molar-refractivity contribution is -0.114. The first kappa shape index (κ1) is 81.3. The molecule has 0 N–H and O–H groups in total. The number of thiophene rings is 1. The minimum absolute atomic E-state index is 0.0304. The molecule has 3 atom stereocenters. The highest BCUT2D eigenvalue weighted by atomic mass is 32.1. The summed E-state index contributed by atoms with van der Waals surface area (Å²) in [5.74, 6) is 1.57. The van der Waals surface area contributed by atoms with E-state index in [0.717, 1.165) is 82.2 Å². The van der Waals surface area contributed by atoms with Gasteiger partial charge in [-0.25, -0.2) is 0 Å². The molecule has 5 nitrogen and oxygen atoms in total. The minimum atomic E-state index is 0.0304. The number of allylic oxidation sites excluding steroid dienone is 3. The number of carbonyl (C=O) groups excluding carboxylic acids is 2. The summed E-state index contributed by atoms with van der Waals surface area (Å²) in [4.78, 5) is 39.5. The van der Waals surface area contributed by atoms with Gasteiger partial charge in [0.1, 0.15) is 0 Å². The predicted octanol–water partition coefficient (Wildman–Crippen LogP) is 27.8. The lowest BCUT2D eigenvalue weighted by Crippen LogP contribution is -2.35. The highest BCUT2D eigenvalue weighted by Crippen LogP contribution is 2.42. The fourth-order valence-corrected chi connectivity index (χ4v) is 18.3. The number of hydrogen-bond acceptors (Lipinski definition) is 4. The van der Waals surface area contributed by atoms with Crippen molar-refractivity contribution in [3.8, 4) is 10.4 Å². The zero-order chi connectivity index (χ0) is 71.1. The van der Waals surface area contributed by atoms with Crippen LogP contribution in [0.3, 0.4) is 0 Å². The second kappa shape index (κ2) is 43.2. The van der Waals surface area contributed by atoms with Gasteiger partial charge in [-0.2, -0.15) is 0 Å².